The molecule has 1 saturated carbocycles. The van der Waals surface area contributed by atoms with Crippen molar-refractivity contribution in [3.8, 4) is 0 Å². The summed E-state index contributed by atoms with van der Waals surface area (Å²) in [5.41, 5.74) is 1.87. The van der Waals surface area contributed by atoms with Crippen LogP contribution in [0.2, 0.25) is 0 Å². The molecule has 146 valence electrons. The van der Waals surface area contributed by atoms with E-state index < -0.39 is 0 Å². The molecule has 2 aliphatic rings. The Hall–Kier alpha value is -2.11. The molecule has 0 bridgehead atoms. The lowest BCUT2D eigenvalue weighted by Gasteiger charge is -2.32. The fraction of sp³-hybridized carbons (Fsp3) is 0.667. The second-order valence-electron chi connectivity index (χ2n) is 8.12. The molecule has 2 fully saturated rings. The largest absolute Gasteiger partial charge is 0.337 e. The standard InChI is InChI=1S/C21H31N5O/c1-3-25-13-10-19(23-25)21(27)24-11-7-17(8-12-24)9-14-26-16(2)15-22-20(26)18-5-4-6-18/h10,13,15,17-18H,3-9,11-12,14H2,1-2H3. The topological polar surface area (TPSA) is 56.0 Å². The summed E-state index contributed by atoms with van der Waals surface area (Å²) in [6.45, 7) is 7.77. The fourth-order valence-corrected chi connectivity index (χ4v) is 4.31. The minimum atomic E-state index is 0.0818. The third kappa shape index (κ3) is 3.80. The molecular formula is C21H31N5O. The van der Waals surface area contributed by atoms with Crippen LogP contribution in [0.1, 0.15) is 73.4 Å². The van der Waals surface area contributed by atoms with Gasteiger partial charge in [0.2, 0.25) is 0 Å². The molecule has 27 heavy (non-hydrogen) atoms. The molecule has 6 heteroatoms. The zero-order valence-electron chi connectivity index (χ0n) is 16.6. The summed E-state index contributed by atoms with van der Waals surface area (Å²) in [5, 5.41) is 4.36. The van der Waals surface area contributed by atoms with Crippen molar-refractivity contribution in [3.05, 3.63) is 35.7 Å². The number of amides is 1. The van der Waals surface area contributed by atoms with E-state index in [-0.39, 0.29) is 5.91 Å². The van der Waals surface area contributed by atoms with Gasteiger partial charge in [-0.25, -0.2) is 4.98 Å². The number of nitrogens with zero attached hydrogens (tertiary/aromatic N) is 5. The summed E-state index contributed by atoms with van der Waals surface area (Å²) in [4.78, 5) is 19.3. The fourth-order valence-electron chi connectivity index (χ4n) is 4.31. The number of carbonyl (C=O) groups is 1. The number of hydrogen-bond donors (Lipinski definition) is 0. The Kier molecular flexibility index (Phi) is 5.32. The van der Waals surface area contributed by atoms with E-state index in [9.17, 15) is 4.79 Å². The summed E-state index contributed by atoms with van der Waals surface area (Å²) in [6.07, 6.45) is 11.2. The molecule has 3 heterocycles. The molecule has 1 saturated heterocycles. The predicted octanol–water partition coefficient (Wildman–Crippen LogP) is 3.62. The van der Waals surface area contributed by atoms with Crippen LogP contribution in [0.5, 0.6) is 0 Å². The normalized spacial score (nSPS) is 18.7. The third-order valence-corrected chi connectivity index (χ3v) is 6.40. The van der Waals surface area contributed by atoms with Crippen molar-refractivity contribution in [2.45, 2.75) is 71.4 Å². The summed E-state index contributed by atoms with van der Waals surface area (Å²) >= 11 is 0. The van der Waals surface area contributed by atoms with E-state index in [4.69, 9.17) is 0 Å². The van der Waals surface area contributed by atoms with E-state index in [0.717, 1.165) is 39.0 Å². The van der Waals surface area contributed by atoms with Crippen molar-refractivity contribution in [3.63, 3.8) is 0 Å². The van der Waals surface area contributed by atoms with Crippen molar-refractivity contribution in [2.75, 3.05) is 13.1 Å². The van der Waals surface area contributed by atoms with Gasteiger partial charge in [0.1, 0.15) is 11.5 Å². The van der Waals surface area contributed by atoms with Crippen LogP contribution in [0, 0.1) is 12.8 Å². The number of piperidine rings is 1. The zero-order valence-corrected chi connectivity index (χ0v) is 16.6. The maximum Gasteiger partial charge on any atom is 0.274 e. The average molecular weight is 370 g/mol. The van der Waals surface area contributed by atoms with Gasteiger partial charge in [-0.05, 0) is 57.9 Å². The number of aromatic nitrogens is 4. The highest BCUT2D eigenvalue weighted by atomic mass is 16.2. The van der Waals surface area contributed by atoms with Crippen molar-refractivity contribution in [2.24, 2.45) is 5.92 Å². The van der Waals surface area contributed by atoms with Crippen LogP contribution in [0.3, 0.4) is 0 Å². The molecule has 0 unspecified atom stereocenters. The van der Waals surface area contributed by atoms with Crippen molar-refractivity contribution in [1.29, 1.82) is 0 Å². The molecule has 0 radical (unpaired) electrons. The Morgan fingerprint density at radius 2 is 2.00 bits per heavy atom. The molecule has 0 N–H and O–H groups in total. The minimum Gasteiger partial charge on any atom is -0.337 e. The zero-order chi connectivity index (χ0) is 18.8. The van der Waals surface area contributed by atoms with Gasteiger partial charge in [0.25, 0.3) is 5.91 Å². The summed E-state index contributed by atoms with van der Waals surface area (Å²) < 4.78 is 4.26. The quantitative estimate of drug-likeness (QED) is 0.781. The lowest BCUT2D eigenvalue weighted by molar-refractivity contribution is 0.0677. The van der Waals surface area contributed by atoms with Gasteiger partial charge in [0.15, 0.2) is 0 Å². The van der Waals surface area contributed by atoms with Gasteiger partial charge in [0, 0.05) is 50.2 Å². The van der Waals surface area contributed by atoms with Crippen LogP contribution in [-0.2, 0) is 13.1 Å². The Bertz CT molecular complexity index is 780. The van der Waals surface area contributed by atoms with Gasteiger partial charge in [-0.1, -0.05) is 6.42 Å². The van der Waals surface area contributed by atoms with Crippen LogP contribution in [-0.4, -0.2) is 43.2 Å². The predicted molar refractivity (Wildman–Crippen MR) is 105 cm³/mol. The molecule has 4 rings (SSSR count). The monoisotopic (exact) mass is 369 g/mol. The number of likely N-dealkylation sites (tertiary alicyclic amines) is 1. The third-order valence-electron chi connectivity index (χ3n) is 6.40. The van der Waals surface area contributed by atoms with E-state index in [2.05, 4.69) is 21.6 Å². The average Bonchev–Trinajstić information content (AvgIpc) is 3.26. The first-order chi connectivity index (χ1) is 13.2. The van der Waals surface area contributed by atoms with Gasteiger partial charge in [-0.15, -0.1) is 0 Å². The first-order valence-electron chi connectivity index (χ1n) is 10.5. The number of aryl methyl sites for hydroxylation is 2. The minimum absolute atomic E-state index is 0.0818. The van der Waals surface area contributed by atoms with Gasteiger partial charge < -0.3 is 9.47 Å². The van der Waals surface area contributed by atoms with Crippen LogP contribution in [0.25, 0.3) is 0 Å². The molecule has 0 atom stereocenters. The Labute approximate surface area is 161 Å². The Morgan fingerprint density at radius 1 is 1.22 bits per heavy atom. The molecule has 0 aromatic carbocycles. The molecule has 2 aromatic heterocycles. The molecule has 1 aliphatic heterocycles. The van der Waals surface area contributed by atoms with E-state index in [0.29, 0.717) is 17.5 Å². The maximum absolute atomic E-state index is 12.6. The lowest BCUT2D eigenvalue weighted by atomic mass is 9.84. The van der Waals surface area contributed by atoms with E-state index in [1.807, 2.05) is 35.0 Å². The van der Waals surface area contributed by atoms with E-state index in [1.165, 1.54) is 37.2 Å². The Morgan fingerprint density at radius 3 is 2.63 bits per heavy atom. The van der Waals surface area contributed by atoms with E-state index >= 15 is 0 Å². The highest BCUT2D eigenvalue weighted by Gasteiger charge is 2.27. The molecule has 2 aromatic rings. The molecule has 1 aliphatic carbocycles. The maximum atomic E-state index is 12.6. The number of imidazole rings is 1. The molecule has 6 nitrogen and oxygen atoms in total. The molecule has 0 spiro atoms. The molecular weight excluding hydrogens is 338 g/mol. The second-order valence-corrected chi connectivity index (χ2v) is 8.12. The smallest absolute Gasteiger partial charge is 0.274 e. The van der Waals surface area contributed by atoms with Gasteiger partial charge in [-0.2, -0.15) is 5.10 Å². The van der Waals surface area contributed by atoms with Crippen LogP contribution < -0.4 is 0 Å². The van der Waals surface area contributed by atoms with Gasteiger partial charge in [-0.3, -0.25) is 9.48 Å². The Balaban J connectivity index is 1.29. The first kappa shape index (κ1) is 18.3. The van der Waals surface area contributed by atoms with Crippen molar-refractivity contribution < 1.29 is 4.79 Å². The van der Waals surface area contributed by atoms with Gasteiger partial charge >= 0.3 is 0 Å². The first-order valence-corrected chi connectivity index (χ1v) is 10.5. The van der Waals surface area contributed by atoms with E-state index in [1.54, 1.807) is 0 Å². The summed E-state index contributed by atoms with van der Waals surface area (Å²) in [7, 11) is 0. The van der Waals surface area contributed by atoms with Gasteiger partial charge in [0.05, 0.1) is 0 Å². The molecule has 1 amide bonds. The number of hydrogen-bond acceptors (Lipinski definition) is 3. The SMILES string of the molecule is CCn1ccc(C(=O)N2CCC(CCn3c(C)cnc3C3CCC3)CC2)n1. The van der Waals surface area contributed by atoms with Crippen LogP contribution in [0.15, 0.2) is 18.5 Å². The second kappa shape index (κ2) is 7.87. The number of rotatable bonds is 6. The van der Waals surface area contributed by atoms with Crippen molar-refractivity contribution >= 4 is 5.91 Å². The van der Waals surface area contributed by atoms with Crippen molar-refractivity contribution in [1.82, 2.24) is 24.2 Å². The lowest BCUT2D eigenvalue weighted by Crippen LogP contribution is -2.39. The summed E-state index contributed by atoms with van der Waals surface area (Å²) in [5.74, 6) is 2.76. The summed E-state index contributed by atoms with van der Waals surface area (Å²) in [6, 6.07) is 1.84. The highest BCUT2D eigenvalue weighted by molar-refractivity contribution is 5.92. The van der Waals surface area contributed by atoms with Crippen LogP contribution in [0.4, 0.5) is 0 Å². The number of carbonyl (C=O) groups excluding carboxylic acids is 1. The highest BCUT2D eigenvalue weighted by Crippen LogP contribution is 2.36. The van der Waals surface area contributed by atoms with Crippen LogP contribution >= 0.6 is 0 Å².